The summed E-state index contributed by atoms with van der Waals surface area (Å²) in [5.41, 5.74) is 3.41. The Bertz CT molecular complexity index is 1120. The number of benzene rings is 2. The van der Waals surface area contributed by atoms with Crippen LogP contribution in [0.25, 0.3) is 0 Å². The fraction of sp³-hybridized carbons (Fsp3) is 0.469. The summed E-state index contributed by atoms with van der Waals surface area (Å²) in [6.07, 6.45) is 3.18. The van der Waals surface area contributed by atoms with E-state index in [4.69, 9.17) is 28.6 Å². The van der Waals surface area contributed by atoms with Crippen molar-refractivity contribution in [1.82, 2.24) is 14.4 Å². The van der Waals surface area contributed by atoms with E-state index in [1.807, 2.05) is 43.3 Å². The van der Waals surface area contributed by atoms with E-state index < -0.39 is 0 Å². The average Bonchev–Trinajstić information content (AvgIpc) is 3.31. The first-order valence-corrected chi connectivity index (χ1v) is 14.9. The third-order valence-corrected chi connectivity index (χ3v) is 7.01. The molecule has 0 spiro atoms. The molecule has 2 aromatic carbocycles. The molecule has 0 aliphatic carbocycles. The largest absolute Gasteiger partial charge is 0.494 e. The standard InChI is InChI=1S/C32H45ClN4OS/c1-6-38-31-16-14-29(15-17-31)34-32(39)37(20-8-18-35(21-25(2)3)22-26(4)5)24-30-9-7-19-36(30)23-27-10-12-28(33)13-11-27/h7,9-17,19,25-26H,6,8,18,20-24H2,1-5H3,(H,34,39). The number of rotatable bonds is 15. The second-order valence-electron chi connectivity index (χ2n) is 11.0. The lowest BCUT2D eigenvalue weighted by Gasteiger charge is -2.30. The van der Waals surface area contributed by atoms with Crippen LogP contribution >= 0.6 is 23.8 Å². The Hall–Kier alpha value is -2.54. The summed E-state index contributed by atoms with van der Waals surface area (Å²) in [4.78, 5) is 4.89. The average molecular weight is 569 g/mol. The van der Waals surface area contributed by atoms with Crippen molar-refractivity contribution in [3.63, 3.8) is 0 Å². The molecule has 0 bridgehead atoms. The van der Waals surface area contributed by atoms with Gasteiger partial charge in [0.05, 0.1) is 13.2 Å². The maximum atomic E-state index is 6.10. The minimum absolute atomic E-state index is 0.651. The zero-order valence-electron chi connectivity index (χ0n) is 24.2. The zero-order chi connectivity index (χ0) is 28.2. The van der Waals surface area contributed by atoms with Crippen LogP contribution in [0, 0.1) is 11.8 Å². The molecule has 0 aliphatic heterocycles. The van der Waals surface area contributed by atoms with Crippen LogP contribution < -0.4 is 10.1 Å². The number of nitrogens with zero attached hydrogens (tertiary/aromatic N) is 3. The fourth-order valence-corrected chi connectivity index (χ4v) is 5.16. The van der Waals surface area contributed by atoms with Crippen molar-refractivity contribution < 1.29 is 4.74 Å². The third kappa shape index (κ3) is 10.9. The van der Waals surface area contributed by atoms with Gasteiger partial charge in [0, 0.05) is 48.8 Å². The van der Waals surface area contributed by atoms with Gasteiger partial charge in [-0.05, 0) is 98.0 Å². The van der Waals surface area contributed by atoms with E-state index in [2.05, 4.69) is 77.8 Å². The predicted molar refractivity (Wildman–Crippen MR) is 170 cm³/mol. The normalized spacial score (nSPS) is 11.4. The molecule has 212 valence electrons. The van der Waals surface area contributed by atoms with Gasteiger partial charge in [0.15, 0.2) is 5.11 Å². The molecular formula is C32H45ClN4OS. The highest BCUT2D eigenvalue weighted by Gasteiger charge is 2.16. The number of hydrogen-bond acceptors (Lipinski definition) is 3. The summed E-state index contributed by atoms with van der Waals surface area (Å²) in [5, 5.41) is 4.96. The summed E-state index contributed by atoms with van der Waals surface area (Å²) in [7, 11) is 0. The van der Waals surface area contributed by atoms with Crippen molar-refractivity contribution >= 4 is 34.6 Å². The topological polar surface area (TPSA) is 32.7 Å². The summed E-state index contributed by atoms with van der Waals surface area (Å²) < 4.78 is 7.89. The number of nitrogens with one attached hydrogen (secondary N) is 1. The number of aromatic nitrogens is 1. The summed E-state index contributed by atoms with van der Waals surface area (Å²) in [5.74, 6) is 2.16. The van der Waals surface area contributed by atoms with E-state index in [0.29, 0.717) is 18.4 Å². The van der Waals surface area contributed by atoms with Gasteiger partial charge in [-0.25, -0.2) is 0 Å². The molecule has 0 unspecified atom stereocenters. The first-order chi connectivity index (χ1) is 18.7. The van der Waals surface area contributed by atoms with E-state index in [1.54, 1.807) is 0 Å². The minimum Gasteiger partial charge on any atom is -0.494 e. The van der Waals surface area contributed by atoms with Crippen LogP contribution in [0.4, 0.5) is 5.69 Å². The Kier molecular flexibility index (Phi) is 12.6. The molecule has 3 aromatic rings. The molecular weight excluding hydrogens is 524 g/mol. The van der Waals surface area contributed by atoms with E-state index in [9.17, 15) is 0 Å². The Balaban J connectivity index is 1.72. The van der Waals surface area contributed by atoms with Crippen molar-refractivity contribution in [2.75, 3.05) is 38.1 Å². The fourth-order valence-electron chi connectivity index (χ4n) is 4.76. The highest BCUT2D eigenvalue weighted by molar-refractivity contribution is 7.80. The molecule has 5 nitrogen and oxygen atoms in total. The summed E-state index contributed by atoms with van der Waals surface area (Å²) >= 11 is 12.1. The van der Waals surface area contributed by atoms with E-state index >= 15 is 0 Å². The number of ether oxygens (including phenoxy) is 1. The molecule has 1 aromatic heterocycles. The molecule has 3 rings (SSSR count). The Labute approximate surface area is 246 Å². The zero-order valence-corrected chi connectivity index (χ0v) is 25.8. The lowest BCUT2D eigenvalue weighted by molar-refractivity contribution is 0.209. The van der Waals surface area contributed by atoms with Crippen LogP contribution in [0.1, 0.15) is 52.3 Å². The number of hydrogen-bond donors (Lipinski definition) is 1. The number of halogens is 1. The van der Waals surface area contributed by atoms with Crippen LogP contribution in [-0.4, -0.2) is 52.3 Å². The van der Waals surface area contributed by atoms with Crippen molar-refractivity contribution in [1.29, 1.82) is 0 Å². The van der Waals surface area contributed by atoms with Crippen molar-refractivity contribution in [2.45, 2.75) is 54.1 Å². The lowest BCUT2D eigenvalue weighted by atomic mass is 10.1. The quantitative estimate of drug-likeness (QED) is 0.189. The van der Waals surface area contributed by atoms with Gasteiger partial charge in [0.1, 0.15) is 5.75 Å². The maximum absolute atomic E-state index is 6.10. The van der Waals surface area contributed by atoms with Gasteiger partial charge in [0.25, 0.3) is 0 Å². The Morgan fingerprint density at radius 2 is 1.62 bits per heavy atom. The molecule has 0 atom stereocenters. The predicted octanol–water partition coefficient (Wildman–Crippen LogP) is 7.79. The number of thiocarbonyl (C=S) groups is 1. The van der Waals surface area contributed by atoms with Gasteiger partial charge in [-0.15, -0.1) is 0 Å². The molecule has 7 heteroatoms. The Morgan fingerprint density at radius 3 is 2.23 bits per heavy atom. The number of anilines is 1. The van der Waals surface area contributed by atoms with E-state index in [1.165, 1.54) is 11.3 Å². The smallest absolute Gasteiger partial charge is 0.173 e. The van der Waals surface area contributed by atoms with Crippen molar-refractivity contribution in [2.24, 2.45) is 11.8 Å². The Morgan fingerprint density at radius 1 is 0.949 bits per heavy atom. The summed E-state index contributed by atoms with van der Waals surface area (Å²) in [6, 6.07) is 20.4. The molecule has 1 N–H and O–H groups in total. The van der Waals surface area contributed by atoms with Gasteiger partial charge in [-0.1, -0.05) is 51.4 Å². The lowest BCUT2D eigenvalue weighted by Crippen LogP contribution is -2.38. The van der Waals surface area contributed by atoms with Crippen LogP contribution in [0.5, 0.6) is 5.75 Å². The SMILES string of the molecule is CCOc1ccc(NC(=S)N(CCCN(CC(C)C)CC(C)C)Cc2cccn2Cc2ccc(Cl)cc2)cc1. The van der Waals surface area contributed by atoms with Crippen LogP contribution in [0.3, 0.4) is 0 Å². The van der Waals surface area contributed by atoms with Crippen molar-refractivity contribution in [3.05, 3.63) is 83.1 Å². The van der Waals surface area contributed by atoms with Gasteiger partial charge in [-0.3, -0.25) is 0 Å². The molecule has 0 fully saturated rings. The minimum atomic E-state index is 0.651. The van der Waals surface area contributed by atoms with Crippen molar-refractivity contribution in [3.8, 4) is 5.75 Å². The van der Waals surface area contributed by atoms with E-state index in [0.717, 1.165) is 67.3 Å². The van der Waals surface area contributed by atoms with Gasteiger partial charge in [-0.2, -0.15) is 0 Å². The van der Waals surface area contributed by atoms with Crippen LogP contribution in [0.2, 0.25) is 5.02 Å². The monoisotopic (exact) mass is 568 g/mol. The molecule has 0 radical (unpaired) electrons. The molecule has 0 saturated carbocycles. The molecule has 1 heterocycles. The van der Waals surface area contributed by atoms with Crippen LogP contribution in [0.15, 0.2) is 66.9 Å². The van der Waals surface area contributed by atoms with Gasteiger partial charge < -0.3 is 24.4 Å². The molecule has 0 aliphatic rings. The first-order valence-electron chi connectivity index (χ1n) is 14.1. The van der Waals surface area contributed by atoms with Gasteiger partial charge in [0.2, 0.25) is 0 Å². The van der Waals surface area contributed by atoms with Crippen LogP contribution in [-0.2, 0) is 13.1 Å². The molecule has 0 amide bonds. The highest BCUT2D eigenvalue weighted by atomic mass is 35.5. The second kappa shape index (κ2) is 15.9. The third-order valence-electron chi connectivity index (χ3n) is 6.40. The summed E-state index contributed by atoms with van der Waals surface area (Å²) in [6.45, 7) is 17.5. The molecule has 39 heavy (non-hydrogen) atoms. The maximum Gasteiger partial charge on any atom is 0.173 e. The highest BCUT2D eigenvalue weighted by Crippen LogP contribution is 2.18. The van der Waals surface area contributed by atoms with Gasteiger partial charge >= 0.3 is 0 Å². The second-order valence-corrected chi connectivity index (χ2v) is 11.8. The molecule has 0 saturated heterocycles. The first kappa shape index (κ1) is 31.0. The van der Waals surface area contributed by atoms with E-state index in [-0.39, 0.29) is 0 Å².